The van der Waals surface area contributed by atoms with Crippen LogP contribution in [0, 0.1) is 17.3 Å². The lowest BCUT2D eigenvalue weighted by Gasteiger charge is -2.42. The summed E-state index contributed by atoms with van der Waals surface area (Å²) in [4.78, 5) is 112. The van der Waals surface area contributed by atoms with E-state index < -0.39 is 116 Å². The molecule has 0 spiro atoms. The molecule has 0 saturated carbocycles. The number of benzene rings is 4. The topological polar surface area (TPSA) is 294 Å². The number of ether oxygens (including phenoxy) is 2. The Morgan fingerprint density at radius 2 is 1.25 bits per heavy atom. The Hall–Kier alpha value is -8.27. The summed E-state index contributed by atoms with van der Waals surface area (Å²) in [6, 6.07) is 24.7. The Balaban J connectivity index is 1.24. The van der Waals surface area contributed by atoms with Crippen LogP contribution in [0.1, 0.15) is 131 Å². The van der Waals surface area contributed by atoms with Gasteiger partial charge in [0.15, 0.2) is 0 Å². The number of hydrogen-bond acceptors (Lipinski definition) is 12. The summed E-state index contributed by atoms with van der Waals surface area (Å²) in [6.45, 7) is 22.9. The Bertz CT molecular complexity index is 3220. The van der Waals surface area contributed by atoms with Crippen LogP contribution in [-0.4, -0.2) is 129 Å². The first-order valence-electron chi connectivity index (χ1n) is 29.2. The lowest BCUT2D eigenvalue weighted by atomic mass is 9.76. The summed E-state index contributed by atoms with van der Waals surface area (Å²) in [7, 11) is -1.31. The highest BCUT2D eigenvalue weighted by Gasteiger charge is 2.46. The smallest absolute Gasteiger partial charge is 0.410 e. The highest BCUT2D eigenvalue weighted by atomic mass is 32.2. The van der Waals surface area contributed by atoms with E-state index >= 15 is 0 Å². The zero-order valence-electron chi connectivity index (χ0n) is 52.8. The number of carbonyl (C=O) groups excluding carboxylic acids is 8. The first-order valence-corrected chi connectivity index (χ1v) is 30.8. The lowest BCUT2D eigenvalue weighted by molar-refractivity contribution is -0.141. The molecule has 22 heteroatoms. The van der Waals surface area contributed by atoms with E-state index in [-0.39, 0.29) is 54.7 Å². The summed E-state index contributed by atoms with van der Waals surface area (Å²) in [5.74, 6) is -4.95. The summed E-state index contributed by atoms with van der Waals surface area (Å²) >= 11 is 0. The summed E-state index contributed by atoms with van der Waals surface area (Å²) in [5, 5.41) is 13.6. The number of nitrogens with zero attached hydrogens (tertiary/aromatic N) is 2. The van der Waals surface area contributed by atoms with Gasteiger partial charge in [0.1, 0.15) is 36.4 Å². The van der Waals surface area contributed by atoms with Crippen molar-refractivity contribution in [1.29, 1.82) is 0 Å². The first-order chi connectivity index (χ1) is 40.5. The number of alkyl carbamates (subject to hydrolysis) is 1. The van der Waals surface area contributed by atoms with Gasteiger partial charge in [0.05, 0.1) is 11.8 Å². The van der Waals surface area contributed by atoms with Gasteiger partial charge in [0.25, 0.3) is 5.91 Å². The predicted molar refractivity (Wildman–Crippen MR) is 335 cm³/mol. The molecule has 21 nitrogen and oxygen atoms in total. The van der Waals surface area contributed by atoms with Crippen molar-refractivity contribution in [3.05, 3.63) is 137 Å². The average molecular weight is 1220 g/mol. The third-order valence-corrected chi connectivity index (χ3v) is 16.4. The van der Waals surface area contributed by atoms with Gasteiger partial charge in [-0.05, 0) is 103 Å². The maximum Gasteiger partial charge on any atom is 0.410 e. The molecule has 1 aliphatic carbocycles. The molecule has 5 rings (SSSR count). The van der Waals surface area contributed by atoms with Crippen LogP contribution in [0.25, 0.3) is 11.1 Å². The van der Waals surface area contributed by atoms with Crippen LogP contribution in [-0.2, 0) is 54.6 Å². The number of primary amides is 1. The Morgan fingerprint density at radius 3 is 1.78 bits per heavy atom. The number of sulfonamides is 1. The Morgan fingerprint density at radius 1 is 0.690 bits per heavy atom. The second-order valence-corrected chi connectivity index (χ2v) is 27.2. The van der Waals surface area contributed by atoms with E-state index in [0.29, 0.717) is 0 Å². The molecule has 4 aromatic carbocycles. The van der Waals surface area contributed by atoms with Gasteiger partial charge in [-0.2, -0.15) is 0 Å². The Labute approximate surface area is 512 Å². The van der Waals surface area contributed by atoms with Crippen LogP contribution >= 0.6 is 0 Å². The van der Waals surface area contributed by atoms with Crippen LogP contribution in [0.5, 0.6) is 0 Å². The molecule has 0 fully saturated rings. The van der Waals surface area contributed by atoms with Gasteiger partial charge in [0, 0.05) is 43.2 Å². The molecule has 0 aliphatic heterocycles. The molecule has 0 bridgehead atoms. The van der Waals surface area contributed by atoms with Crippen molar-refractivity contribution >= 4 is 63.5 Å². The normalized spacial score (nSPS) is 14.4. The van der Waals surface area contributed by atoms with E-state index in [1.54, 1.807) is 62.4 Å². The third-order valence-electron chi connectivity index (χ3n) is 15.2. The SMILES string of the molecule is C/C(=C\C(C(C)C)N(C)C(=O)C(NC(=O)C(N(C)C(=O)OC(C)(C)C)C(C)(C)c1ccccc1)C(C)(C)C)C(=O)NS(=O)(=O)Cc1ccc(NC(=O)C(CCCNC(N)=O)NC(=O)C(NC(=O)OCC2c3ccccc3-c3ccccc32)C(C)C)cc1. The predicted octanol–water partition coefficient (Wildman–Crippen LogP) is 8.24. The van der Waals surface area contributed by atoms with Gasteiger partial charge < -0.3 is 46.7 Å². The molecule has 0 heterocycles. The zero-order chi connectivity index (χ0) is 64.9. The van der Waals surface area contributed by atoms with Gasteiger partial charge >= 0.3 is 18.2 Å². The maximum atomic E-state index is 14.7. The second-order valence-electron chi connectivity index (χ2n) is 25.5. The third kappa shape index (κ3) is 19.1. The summed E-state index contributed by atoms with van der Waals surface area (Å²) in [5.41, 5.74) is 7.93. The van der Waals surface area contributed by atoms with Gasteiger partial charge in [-0.3, -0.25) is 28.9 Å². The molecular formula is C65H89N9O12S. The second kappa shape index (κ2) is 29.4. The minimum Gasteiger partial charge on any atom is -0.449 e. The molecule has 5 atom stereocenters. The summed E-state index contributed by atoms with van der Waals surface area (Å²) < 4.78 is 40.6. The van der Waals surface area contributed by atoms with E-state index in [1.165, 1.54) is 54.1 Å². The van der Waals surface area contributed by atoms with E-state index in [2.05, 4.69) is 31.3 Å². The van der Waals surface area contributed by atoms with E-state index in [4.69, 9.17) is 15.2 Å². The number of nitrogens with two attached hydrogens (primary N) is 1. The van der Waals surface area contributed by atoms with Crippen molar-refractivity contribution in [2.75, 3.05) is 32.6 Å². The molecule has 0 radical (unpaired) electrons. The number of rotatable bonds is 25. The number of anilines is 1. The number of likely N-dealkylation sites (N-methyl/N-ethyl adjacent to an activating group) is 2. The van der Waals surface area contributed by atoms with Crippen LogP contribution < -0.4 is 37.0 Å². The van der Waals surface area contributed by atoms with Gasteiger partial charge in [-0.15, -0.1) is 0 Å². The Kier molecular flexibility index (Phi) is 23.5. The summed E-state index contributed by atoms with van der Waals surface area (Å²) in [6.07, 6.45) is 0.215. The van der Waals surface area contributed by atoms with Crippen LogP contribution in [0.3, 0.4) is 0 Å². The highest BCUT2D eigenvalue weighted by Crippen LogP contribution is 2.44. The molecular weight excluding hydrogens is 1130 g/mol. The number of carbonyl (C=O) groups is 8. The number of hydrogen-bond donors (Lipinski definition) is 7. The zero-order valence-corrected chi connectivity index (χ0v) is 53.6. The fraction of sp³-hybridized carbons (Fsp3) is 0.477. The van der Waals surface area contributed by atoms with Crippen molar-refractivity contribution in [1.82, 2.24) is 35.8 Å². The fourth-order valence-electron chi connectivity index (χ4n) is 10.5. The number of fused-ring (bicyclic) bond motifs is 3. The largest absolute Gasteiger partial charge is 0.449 e. The monoisotopic (exact) mass is 1220 g/mol. The van der Waals surface area contributed by atoms with E-state index in [1.807, 2.05) is 107 Å². The maximum absolute atomic E-state index is 14.7. The fourth-order valence-corrected chi connectivity index (χ4v) is 11.6. The van der Waals surface area contributed by atoms with Crippen molar-refractivity contribution in [2.24, 2.45) is 23.0 Å². The first kappa shape index (κ1) is 69.5. The van der Waals surface area contributed by atoms with E-state index in [0.717, 1.165) is 27.8 Å². The number of nitrogens with one attached hydrogen (secondary N) is 6. The molecule has 9 amide bonds. The average Bonchev–Trinajstić information content (AvgIpc) is 1.79. The van der Waals surface area contributed by atoms with Crippen LogP contribution in [0.2, 0.25) is 0 Å². The number of amides is 9. The molecule has 4 aromatic rings. The minimum absolute atomic E-state index is 0.00484. The molecule has 5 unspecified atom stereocenters. The minimum atomic E-state index is -4.34. The van der Waals surface area contributed by atoms with Crippen molar-refractivity contribution in [3.63, 3.8) is 0 Å². The molecule has 1 aliphatic rings. The standard InChI is InChI=1S/C65H89N9O12S/c1-39(2)51(73(14)59(79)53(63(6,7)8)71-58(78)54(74(15)62(82)86-64(9,10)11)65(12,13)43-24-17-16-18-25-43)36-41(5)55(75)72-87(83,84)38-42-31-33-44(34-32-42)68-56(76)50(30-23-35-67-60(66)80)69-57(77)52(40(3)4)70-61(81)85-37-49-47-28-21-19-26-45(47)46-27-20-22-29-48(46)49/h16-22,24-29,31-34,36,39-40,49-54H,23,30,35,37-38H2,1-15H3,(H,68,76)(H,69,77)(H,70,81)(H,71,78)(H,72,75)(H3,66,67,80)/b41-36+. The van der Waals surface area contributed by atoms with Gasteiger partial charge in [-0.1, -0.05) is 159 Å². The lowest BCUT2D eigenvalue weighted by Crippen LogP contribution is -2.63. The van der Waals surface area contributed by atoms with Crippen molar-refractivity contribution in [2.45, 2.75) is 156 Å². The van der Waals surface area contributed by atoms with Crippen LogP contribution in [0.4, 0.5) is 20.1 Å². The molecule has 0 saturated heterocycles. The van der Waals surface area contributed by atoms with Gasteiger partial charge in [-0.25, -0.2) is 27.5 Å². The molecule has 8 N–H and O–H groups in total. The van der Waals surface area contributed by atoms with E-state index in [9.17, 15) is 46.8 Å². The number of urea groups is 1. The van der Waals surface area contributed by atoms with Gasteiger partial charge in [0.2, 0.25) is 33.7 Å². The molecule has 87 heavy (non-hydrogen) atoms. The van der Waals surface area contributed by atoms with Crippen molar-refractivity contribution in [3.8, 4) is 11.1 Å². The quantitative estimate of drug-likeness (QED) is 0.0244. The van der Waals surface area contributed by atoms with Crippen molar-refractivity contribution < 1.29 is 56.2 Å². The highest BCUT2D eigenvalue weighted by molar-refractivity contribution is 7.89. The molecule has 0 aromatic heterocycles. The molecule has 472 valence electrons. The van der Waals surface area contributed by atoms with Crippen LogP contribution in [0.15, 0.2) is 115 Å².